The van der Waals surface area contributed by atoms with Crippen LogP contribution in [0.15, 0.2) is 6.07 Å². The number of hydrogen-bond donors (Lipinski definition) is 1. The van der Waals surface area contributed by atoms with Crippen molar-refractivity contribution in [2.75, 3.05) is 23.3 Å². The smallest absolute Gasteiger partial charge is 0.179 e. The molecule has 0 aliphatic carbocycles. The van der Waals surface area contributed by atoms with E-state index < -0.39 is 0 Å². The molecule has 0 spiro atoms. The maximum absolute atomic E-state index is 11.4. The summed E-state index contributed by atoms with van der Waals surface area (Å²) in [5, 5.41) is 3.83. The zero-order chi connectivity index (χ0) is 12.0. The van der Waals surface area contributed by atoms with Gasteiger partial charge in [-0.15, -0.1) is 0 Å². The van der Waals surface area contributed by atoms with Gasteiger partial charge in [0, 0.05) is 26.1 Å². The van der Waals surface area contributed by atoms with Gasteiger partial charge in [-0.05, 0) is 18.9 Å². The average Bonchev–Trinajstić information content (AvgIpc) is 2.30. The maximum Gasteiger partial charge on any atom is 0.179 e. The van der Waals surface area contributed by atoms with E-state index >= 15 is 0 Å². The number of anilines is 2. The van der Waals surface area contributed by atoms with Crippen molar-refractivity contribution >= 4 is 28.9 Å². The van der Waals surface area contributed by atoms with E-state index in [1.165, 1.54) is 13.3 Å². The van der Waals surface area contributed by atoms with Gasteiger partial charge in [-0.1, -0.05) is 11.6 Å². The fourth-order valence-electron chi connectivity index (χ4n) is 2.58. The molecule has 0 radical (unpaired) electrons. The highest BCUT2D eigenvalue weighted by Crippen LogP contribution is 2.36. The summed E-state index contributed by atoms with van der Waals surface area (Å²) in [4.78, 5) is 18.1. The lowest BCUT2D eigenvalue weighted by molar-refractivity contribution is 0.101. The normalized spacial score (nSPS) is 21.8. The number of piperidine rings is 1. The molecule has 2 bridgehead atoms. The quantitative estimate of drug-likeness (QED) is 0.779. The van der Waals surface area contributed by atoms with Gasteiger partial charge in [0.15, 0.2) is 11.6 Å². The monoisotopic (exact) mass is 251 g/mol. The van der Waals surface area contributed by atoms with Gasteiger partial charge in [0.2, 0.25) is 0 Å². The van der Waals surface area contributed by atoms with Gasteiger partial charge in [0.25, 0.3) is 0 Å². The zero-order valence-electron chi connectivity index (χ0n) is 9.66. The highest BCUT2D eigenvalue weighted by atomic mass is 35.5. The molecule has 1 aromatic heterocycles. The van der Waals surface area contributed by atoms with Crippen LogP contribution >= 0.6 is 11.6 Å². The molecule has 1 N–H and O–H groups in total. The van der Waals surface area contributed by atoms with Crippen molar-refractivity contribution in [1.82, 2.24) is 4.98 Å². The molecule has 3 heterocycles. The number of carbonyl (C=O) groups excluding carboxylic acids is 1. The standard InChI is InChI=1S/C12H14ClN3O/c1-7(17)11-9(13)5-10-12(15-11)14-8-3-2-4-16(10)6-8/h5,8H,2-4,6H2,1H3,(H,14,15)/t8-/m0/s1. The molecule has 1 fully saturated rings. The Bertz CT molecular complexity index is 489. The predicted molar refractivity (Wildman–Crippen MR) is 68.1 cm³/mol. The summed E-state index contributed by atoms with van der Waals surface area (Å²) in [6.07, 6.45) is 2.35. The van der Waals surface area contributed by atoms with Gasteiger partial charge in [-0.3, -0.25) is 4.79 Å². The minimum absolute atomic E-state index is 0.0923. The summed E-state index contributed by atoms with van der Waals surface area (Å²) in [6, 6.07) is 2.31. The number of Topliss-reactive ketones (excluding diaryl/α,β-unsaturated/α-hetero) is 1. The fraction of sp³-hybridized carbons (Fsp3) is 0.500. The second-order valence-corrected chi connectivity index (χ2v) is 5.08. The number of nitrogens with zero attached hydrogens (tertiary/aromatic N) is 2. The molecule has 0 saturated carbocycles. The summed E-state index contributed by atoms with van der Waals surface area (Å²) in [6.45, 7) is 3.54. The first-order valence-corrected chi connectivity index (χ1v) is 6.26. The van der Waals surface area contributed by atoms with E-state index in [1.807, 2.05) is 6.07 Å². The molecule has 4 nitrogen and oxygen atoms in total. The number of pyridine rings is 1. The Balaban J connectivity index is 2.09. The van der Waals surface area contributed by atoms with E-state index in [2.05, 4.69) is 15.2 Å². The first-order valence-electron chi connectivity index (χ1n) is 5.88. The van der Waals surface area contributed by atoms with Crippen LogP contribution in [0.1, 0.15) is 30.3 Å². The van der Waals surface area contributed by atoms with Crippen LogP contribution in [0.4, 0.5) is 11.5 Å². The molecule has 17 heavy (non-hydrogen) atoms. The third-order valence-electron chi connectivity index (χ3n) is 3.39. The Morgan fingerprint density at radius 1 is 1.65 bits per heavy atom. The molecule has 0 amide bonds. The molecule has 1 aromatic rings. The van der Waals surface area contributed by atoms with Crippen LogP contribution in [0.25, 0.3) is 0 Å². The summed E-state index contributed by atoms with van der Waals surface area (Å²) in [5.41, 5.74) is 1.38. The van der Waals surface area contributed by atoms with Crippen LogP contribution in [-0.2, 0) is 0 Å². The summed E-state index contributed by atoms with van der Waals surface area (Å²) < 4.78 is 0. The van der Waals surface area contributed by atoms with E-state index in [4.69, 9.17) is 11.6 Å². The molecular formula is C12H14ClN3O. The molecule has 5 heteroatoms. The number of halogens is 1. The van der Waals surface area contributed by atoms with E-state index in [0.717, 1.165) is 31.0 Å². The molecule has 2 aliphatic rings. The van der Waals surface area contributed by atoms with Gasteiger partial charge >= 0.3 is 0 Å². The Morgan fingerprint density at radius 2 is 2.47 bits per heavy atom. The highest BCUT2D eigenvalue weighted by Gasteiger charge is 2.29. The minimum atomic E-state index is -0.0923. The number of fused-ring (bicyclic) bond motifs is 4. The topological polar surface area (TPSA) is 45.2 Å². The lowest BCUT2D eigenvalue weighted by Crippen LogP contribution is -2.46. The fourth-order valence-corrected chi connectivity index (χ4v) is 2.86. The summed E-state index contributed by atoms with van der Waals surface area (Å²) in [7, 11) is 0. The summed E-state index contributed by atoms with van der Waals surface area (Å²) in [5.74, 6) is 0.709. The SMILES string of the molecule is CC(=O)c1nc2c(cc1Cl)N1CCC[C@@H](C1)N2. The molecule has 1 saturated heterocycles. The third-order valence-corrected chi connectivity index (χ3v) is 3.68. The third kappa shape index (κ3) is 1.76. The number of aromatic nitrogens is 1. The Kier molecular flexibility index (Phi) is 2.47. The van der Waals surface area contributed by atoms with E-state index in [-0.39, 0.29) is 5.78 Å². The van der Waals surface area contributed by atoms with Crippen LogP contribution in [0.5, 0.6) is 0 Å². The van der Waals surface area contributed by atoms with Gasteiger partial charge in [0.05, 0.1) is 10.7 Å². The zero-order valence-corrected chi connectivity index (χ0v) is 10.4. The van der Waals surface area contributed by atoms with Crippen molar-refractivity contribution in [2.24, 2.45) is 0 Å². The van der Waals surface area contributed by atoms with Crippen LogP contribution < -0.4 is 10.2 Å². The van der Waals surface area contributed by atoms with Crippen molar-refractivity contribution in [2.45, 2.75) is 25.8 Å². The van der Waals surface area contributed by atoms with Crippen molar-refractivity contribution in [1.29, 1.82) is 0 Å². The Labute approximate surface area is 105 Å². The van der Waals surface area contributed by atoms with Crippen molar-refractivity contribution < 1.29 is 4.79 Å². The second-order valence-electron chi connectivity index (χ2n) is 4.67. The van der Waals surface area contributed by atoms with Gasteiger partial charge in [0.1, 0.15) is 5.69 Å². The largest absolute Gasteiger partial charge is 0.366 e. The van der Waals surface area contributed by atoms with Gasteiger partial charge < -0.3 is 10.2 Å². The predicted octanol–water partition coefficient (Wildman–Crippen LogP) is 2.33. The van der Waals surface area contributed by atoms with E-state index in [0.29, 0.717) is 16.8 Å². The molecular weight excluding hydrogens is 238 g/mol. The lowest BCUT2D eigenvalue weighted by Gasteiger charge is -2.40. The molecule has 2 aliphatic heterocycles. The number of carbonyl (C=O) groups is 1. The van der Waals surface area contributed by atoms with E-state index in [9.17, 15) is 4.79 Å². The first kappa shape index (κ1) is 10.8. The number of rotatable bonds is 1. The number of ketones is 1. The van der Waals surface area contributed by atoms with Crippen molar-refractivity contribution in [3.8, 4) is 0 Å². The van der Waals surface area contributed by atoms with Crippen LogP contribution in [-0.4, -0.2) is 29.9 Å². The first-order chi connectivity index (χ1) is 8.15. The Morgan fingerprint density at radius 3 is 3.24 bits per heavy atom. The van der Waals surface area contributed by atoms with Gasteiger partial charge in [-0.25, -0.2) is 4.98 Å². The molecule has 3 rings (SSSR count). The maximum atomic E-state index is 11.4. The highest BCUT2D eigenvalue weighted by molar-refractivity contribution is 6.34. The second kappa shape index (κ2) is 3.88. The van der Waals surface area contributed by atoms with Crippen molar-refractivity contribution in [3.05, 3.63) is 16.8 Å². The average molecular weight is 252 g/mol. The molecule has 1 atom stereocenters. The Hall–Kier alpha value is -1.29. The van der Waals surface area contributed by atoms with E-state index in [1.54, 1.807) is 0 Å². The lowest BCUT2D eigenvalue weighted by atomic mass is 10.0. The summed E-state index contributed by atoms with van der Waals surface area (Å²) >= 11 is 6.10. The minimum Gasteiger partial charge on any atom is -0.366 e. The van der Waals surface area contributed by atoms with Crippen LogP contribution in [0.3, 0.4) is 0 Å². The number of nitrogens with one attached hydrogen (secondary N) is 1. The van der Waals surface area contributed by atoms with Crippen LogP contribution in [0, 0.1) is 0 Å². The molecule has 90 valence electrons. The van der Waals surface area contributed by atoms with Crippen molar-refractivity contribution in [3.63, 3.8) is 0 Å². The number of hydrogen-bond acceptors (Lipinski definition) is 4. The molecule has 0 unspecified atom stereocenters. The van der Waals surface area contributed by atoms with Crippen LogP contribution in [0.2, 0.25) is 5.02 Å². The van der Waals surface area contributed by atoms with Gasteiger partial charge in [-0.2, -0.15) is 0 Å². The molecule has 0 aromatic carbocycles.